The van der Waals surface area contributed by atoms with Crippen molar-refractivity contribution in [3.05, 3.63) is 41.4 Å². The highest BCUT2D eigenvalue weighted by atomic mass is 32.1. The van der Waals surface area contributed by atoms with E-state index in [2.05, 4.69) is 22.3 Å². The molecule has 0 radical (unpaired) electrons. The average molecular weight is 282 g/mol. The van der Waals surface area contributed by atoms with Crippen LogP contribution in [0.3, 0.4) is 0 Å². The SMILES string of the molecule is COC(=O)c1[nH]nc2c3ccccc3c3ccsc3c12. The Morgan fingerprint density at radius 2 is 2.00 bits per heavy atom. The molecule has 0 atom stereocenters. The topological polar surface area (TPSA) is 55.0 Å². The van der Waals surface area contributed by atoms with E-state index in [1.807, 2.05) is 23.6 Å². The fourth-order valence-corrected chi connectivity index (χ4v) is 3.61. The van der Waals surface area contributed by atoms with Crippen molar-refractivity contribution in [3.63, 3.8) is 0 Å². The number of nitrogens with zero attached hydrogens (tertiary/aromatic N) is 1. The normalized spacial score (nSPS) is 11.4. The fraction of sp³-hybridized carbons (Fsp3) is 0.0667. The van der Waals surface area contributed by atoms with Crippen molar-refractivity contribution in [1.29, 1.82) is 0 Å². The van der Waals surface area contributed by atoms with Gasteiger partial charge in [-0.3, -0.25) is 5.10 Å². The molecule has 4 aromatic rings. The molecule has 20 heavy (non-hydrogen) atoms. The summed E-state index contributed by atoms with van der Waals surface area (Å²) in [5, 5.41) is 13.4. The Bertz CT molecular complexity index is 968. The van der Waals surface area contributed by atoms with Crippen molar-refractivity contribution in [1.82, 2.24) is 10.2 Å². The molecule has 0 bridgehead atoms. The molecule has 2 aromatic carbocycles. The van der Waals surface area contributed by atoms with E-state index >= 15 is 0 Å². The van der Waals surface area contributed by atoms with Gasteiger partial charge in [-0.25, -0.2) is 4.79 Å². The fourth-order valence-electron chi connectivity index (χ4n) is 2.65. The van der Waals surface area contributed by atoms with E-state index in [1.54, 1.807) is 11.3 Å². The second-order valence-corrected chi connectivity index (χ2v) is 5.44. The standard InChI is InChI=1S/C15H10N2O2S/c1-19-15(18)13-11-12(16-17-13)9-5-3-2-4-8(9)10-6-7-20-14(10)11/h2-7H,1H3,(H,16,17). The molecule has 0 saturated heterocycles. The van der Waals surface area contributed by atoms with Gasteiger partial charge in [0.2, 0.25) is 0 Å². The maximum Gasteiger partial charge on any atom is 0.356 e. The lowest BCUT2D eigenvalue weighted by Gasteiger charge is -2.02. The minimum absolute atomic E-state index is 0.391. The number of aromatic amines is 1. The zero-order valence-electron chi connectivity index (χ0n) is 10.6. The second kappa shape index (κ2) is 4.05. The van der Waals surface area contributed by atoms with Crippen LogP contribution in [0.1, 0.15) is 10.5 Å². The first kappa shape index (κ1) is 11.4. The van der Waals surface area contributed by atoms with E-state index in [1.165, 1.54) is 7.11 Å². The number of rotatable bonds is 1. The van der Waals surface area contributed by atoms with Gasteiger partial charge in [-0.05, 0) is 16.8 Å². The highest BCUT2D eigenvalue weighted by Crippen LogP contribution is 2.38. The molecule has 5 heteroatoms. The monoisotopic (exact) mass is 282 g/mol. The lowest BCUT2D eigenvalue weighted by molar-refractivity contribution is 0.0596. The van der Waals surface area contributed by atoms with Crippen molar-refractivity contribution in [3.8, 4) is 0 Å². The number of methoxy groups -OCH3 is 1. The third kappa shape index (κ3) is 1.35. The van der Waals surface area contributed by atoms with E-state index in [0.717, 1.165) is 31.8 Å². The largest absolute Gasteiger partial charge is 0.464 e. The van der Waals surface area contributed by atoms with Gasteiger partial charge in [0.25, 0.3) is 0 Å². The summed E-state index contributed by atoms with van der Waals surface area (Å²) in [6.07, 6.45) is 0. The van der Waals surface area contributed by atoms with Crippen LogP contribution < -0.4 is 0 Å². The van der Waals surface area contributed by atoms with Gasteiger partial charge in [0.15, 0.2) is 5.69 Å². The van der Waals surface area contributed by atoms with Gasteiger partial charge in [-0.15, -0.1) is 11.3 Å². The molecule has 2 aromatic heterocycles. The smallest absolute Gasteiger partial charge is 0.356 e. The molecular formula is C15H10N2O2S. The van der Waals surface area contributed by atoms with Crippen molar-refractivity contribution in [2.75, 3.05) is 7.11 Å². The first-order valence-electron chi connectivity index (χ1n) is 6.15. The van der Waals surface area contributed by atoms with E-state index in [0.29, 0.717) is 5.69 Å². The lowest BCUT2D eigenvalue weighted by Crippen LogP contribution is -2.01. The van der Waals surface area contributed by atoms with Gasteiger partial charge in [-0.1, -0.05) is 24.3 Å². The first-order valence-corrected chi connectivity index (χ1v) is 7.03. The Kier molecular flexibility index (Phi) is 2.31. The Morgan fingerprint density at radius 1 is 1.20 bits per heavy atom. The molecule has 0 fully saturated rings. The van der Waals surface area contributed by atoms with Gasteiger partial charge in [0.1, 0.15) is 5.52 Å². The number of nitrogens with one attached hydrogen (secondary N) is 1. The molecule has 0 aliphatic carbocycles. The number of ether oxygens (including phenoxy) is 1. The molecule has 98 valence electrons. The number of carbonyl (C=O) groups excluding carboxylic acids is 1. The number of esters is 1. The number of carbonyl (C=O) groups is 1. The van der Waals surface area contributed by atoms with Gasteiger partial charge in [-0.2, -0.15) is 5.10 Å². The van der Waals surface area contributed by atoms with Crippen LogP contribution in [-0.2, 0) is 4.74 Å². The van der Waals surface area contributed by atoms with Crippen LogP contribution in [-0.4, -0.2) is 23.3 Å². The molecule has 0 aliphatic heterocycles. The van der Waals surface area contributed by atoms with Crippen molar-refractivity contribution < 1.29 is 9.53 Å². The third-order valence-corrected chi connectivity index (χ3v) is 4.45. The van der Waals surface area contributed by atoms with E-state index in [4.69, 9.17) is 4.74 Å². The molecule has 1 N–H and O–H groups in total. The third-order valence-electron chi connectivity index (χ3n) is 3.52. The van der Waals surface area contributed by atoms with Crippen LogP contribution in [0.15, 0.2) is 35.7 Å². The number of hydrogen-bond donors (Lipinski definition) is 1. The molecule has 0 unspecified atom stereocenters. The summed E-state index contributed by atoms with van der Waals surface area (Å²) in [5.74, 6) is -0.391. The number of benzene rings is 2. The van der Waals surface area contributed by atoms with Gasteiger partial charge in [0, 0.05) is 15.5 Å². The number of H-pyrrole nitrogens is 1. The van der Waals surface area contributed by atoms with Crippen molar-refractivity contribution in [2.24, 2.45) is 0 Å². The van der Waals surface area contributed by atoms with Crippen LogP contribution in [0, 0.1) is 0 Å². The Morgan fingerprint density at radius 3 is 2.80 bits per heavy atom. The number of aromatic nitrogens is 2. The Balaban J connectivity index is 2.31. The summed E-state index contributed by atoms with van der Waals surface area (Å²) in [7, 11) is 1.38. The van der Waals surface area contributed by atoms with Crippen LogP contribution in [0.5, 0.6) is 0 Å². The zero-order chi connectivity index (χ0) is 13.7. The minimum Gasteiger partial charge on any atom is -0.464 e. The number of thiophene rings is 1. The molecule has 0 saturated carbocycles. The van der Waals surface area contributed by atoms with E-state index in [-0.39, 0.29) is 0 Å². The Hall–Kier alpha value is -2.40. The van der Waals surface area contributed by atoms with Gasteiger partial charge < -0.3 is 4.74 Å². The summed E-state index contributed by atoms with van der Waals surface area (Å²) in [6, 6.07) is 10.2. The molecule has 0 amide bonds. The molecular weight excluding hydrogens is 272 g/mol. The summed E-state index contributed by atoms with van der Waals surface area (Å²) in [5.41, 5.74) is 1.23. The maximum atomic E-state index is 11.9. The predicted molar refractivity (Wildman–Crippen MR) is 80.3 cm³/mol. The Labute approximate surface area is 118 Å². The van der Waals surface area contributed by atoms with Gasteiger partial charge >= 0.3 is 5.97 Å². The summed E-state index contributed by atoms with van der Waals surface area (Å²) in [6.45, 7) is 0. The average Bonchev–Trinajstić information content (AvgIpc) is 3.13. The second-order valence-electron chi connectivity index (χ2n) is 4.52. The highest BCUT2D eigenvalue weighted by molar-refractivity contribution is 7.18. The van der Waals surface area contributed by atoms with E-state index in [9.17, 15) is 4.79 Å². The highest BCUT2D eigenvalue weighted by Gasteiger charge is 2.19. The van der Waals surface area contributed by atoms with Crippen molar-refractivity contribution in [2.45, 2.75) is 0 Å². The summed E-state index contributed by atoms with van der Waals surface area (Å²) in [4.78, 5) is 11.9. The summed E-state index contributed by atoms with van der Waals surface area (Å²) < 4.78 is 5.90. The van der Waals surface area contributed by atoms with Crippen LogP contribution in [0.4, 0.5) is 0 Å². The lowest BCUT2D eigenvalue weighted by atomic mass is 10.0. The van der Waals surface area contributed by atoms with Gasteiger partial charge in [0.05, 0.1) is 12.5 Å². The van der Waals surface area contributed by atoms with Crippen LogP contribution in [0.25, 0.3) is 31.8 Å². The maximum absolute atomic E-state index is 11.9. The van der Waals surface area contributed by atoms with Crippen LogP contribution >= 0.6 is 11.3 Å². The molecule has 4 nitrogen and oxygen atoms in total. The van der Waals surface area contributed by atoms with E-state index < -0.39 is 5.97 Å². The minimum atomic E-state index is -0.391. The predicted octanol–water partition coefficient (Wildman–Crippen LogP) is 3.72. The molecule has 2 heterocycles. The first-order chi connectivity index (χ1) is 9.81. The summed E-state index contributed by atoms with van der Waals surface area (Å²) >= 11 is 1.61. The number of hydrogen-bond acceptors (Lipinski definition) is 4. The van der Waals surface area contributed by atoms with Crippen LogP contribution in [0.2, 0.25) is 0 Å². The van der Waals surface area contributed by atoms with Crippen molar-refractivity contribution >= 4 is 49.1 Å². The number of fused-ring (bicyclic) bond motifs is 6. The zero-order valence-corrected chi connectivity index (χ0v) is 11.5. The molecule has 4 rings (SSSR count). The molecule has 0 spiro atoms. The molecule has 0 aliphatic rings. The quantitative estimate of drug-likeness (QED) is 0.541.